The number of hydrogen-bond acceptors (Lipinski definition) is 4. The third-order valence-electron chi connectivity index (χ3n) is 3.17. The average Bonchev–Trinajstić information content (AvgIpc) is 2.51. The lowest BCUT2D eigenvalue weighted by Gasteiger charge is -2.06. The predicted molar refractivity (Wildman–Crippen MR) is 81.3 cm³/mol. The van der Waals surface area contributed by atoms with E-state index >= 15 is 0 Å². The van der Waals surface area contributed by atoms with Crippen LogP contribution < -0.4 is 5.73 Å². The normalized spacial score (nSPS) is 10.3. The summed E-state index contributed by atoms with van der Waals surface area (Å²) in [5.74, 6) is -0.233. The van der Waals surface area contributed by atoms with E-state index in [4.69, 9.17) is 15.6 Å². The van der Waals surface area contributed by atoms with E-state index in [1.807, 2.05) is 48.5 Å². The van der Waals surface area contributed by atoms with Gasteiger partial charge in [0.15, 0.2) is 0 Å². The van der Waals surface area contributed by atoms with Crippen molar-refractivity contribution in [3.63, 3.8) is 0 Å². The standard InChI is InChI=1S/C17H19NO3/c18-16-3-1-2-13(10-16)8-9-17(20)21-12-15-6-4-14(11-19)5-7-15/h1-7,10,19H,8-9,11-12,18H2. The van der Waals surface area contributed by atoms with Gasteiger partial charge in [0.25, 0.3) is 0 Å². The van der Waals surface area contributed by atoms with Crippen molar-refractivity contribution in [3.8, 4) is 0 Å². The van der Waals surface area contributed by atoms with E-state index in [0.29, 0.717) is 18.5 Å². The van der Waals surface area contributed by atoms with Crippen LogP contribution in [0.1, 0.15) is 23.1 Å². The van der Waals surface area contributed by atoms with Crippen LogP contribution in [0.2, 0.25) is 0 Å². The highest BCUT2D eigenvalue weighted by atomic mass is 16.5. The van der Waals surface area contributed by atoms with Crippen molar-refractivity contribution in [2.24, 2.45) is 0 Å². The maximum absolute atomic E-state index is 11.7. The summed E-state index contributed by atoms with van der Waals surface area (Å²) in [5, 5.41) is 8.95. The topological polar surface area (TPSA) is 72.6 Å². The summed E-state index contributed by atoms with van der Waals surface area (Å²) in [6, 6.07) is 14.8. The Kier molecular flexibility index (Phi) is 5.35. The van der Waals surface area contributed by atoms with Crippen molar-refractivity contribution in [3.05, 3.63) is 65.2 Å². The maximum atomic E-state index is 11.7. The summed E-state index contributed by atoms with van der Waals surface area (Å²) in [7, 11) is 0. The molecule has 0 bridgehead atoms. The Morgan fingerprint density at radius 3 is 2.43 bits per heavy atom. The lowest BCUT2D eigenvalue weighted by molar-refractivity contribution is -0.144. The van der Waals surface area contributed by atoms with Gasteiger partial charge in [0, 0.05) is 12.1 Å². The first kappa shape index (κ1) is 15.1. The van der Waals surface area contributed by atoms with E-state index < -0.39 is 0 Å². The second-order valence-electron chi connectivity index (χ2n) is 4.88. The molecule has 0 aromatic heterocycles. The molecule has 0 saturated heterocycles. The summed E-state index contributed by atoms with van der Waals surface area (Å²) in [5.41, 5.74) is 9.16. The van der Waals surface area contributed by atoms with Crippen molar-refractivity contribution in [1.82, 2.24) is 0 Å². The number of carbonyl (C=O) groups is 1. The van der Waals surface area contributed by atoms with E-state index in [0.717, 1.165) is 16.7 Å². The van der Waals surface area contributed by atoms with Gasteiger partial charge in [0.1, 0.15) is 6.61 Å². The molecule has 0 amide bonds. The molecular weight excluding hydrogens is 266 g/mol. The van der Waals surface area contributed by atoms with Gasteiger partial charge in [-0.25, -0.2) is 0 Å². The van der Waals surface area contributed by atoms with Gasteiger partial charge < -0.3 is 15.6 Å². The molecule has 2 aromatic rings. The molecule has 21 heavy (non-hydrogen) atoms. The second kappa shape index (κ2) is 7.45. The van der Waals surface area contributed by atoms with Crippen LogP contribution in [0.4, 0.5) is 5.69 Å². The summed E-state index contributed by atoms with van der Waals surface area (Å²) in [6.45, 7) is 0.266. The Bertz CT molecular complexity index is 593. The monoisotopic (exact) mass is 285 g/mol. The Hall–Kier alpha value is -2.33. The number of aliphatic hydroxyl groups is 1. The Morgan fingerprint density at radius 2 is 1.76 bits per heavy atom. The Balaban J connectivity index is 1.76. The molecule has 0 fully saturated rings. The molecule has 110 valence electrons. The number of esters is 1. The molecule has 0 unspecified atom stereocenters. The number of rotatable bonds is 6. The van der Waals surface area contributed by atoms with Crippen LogP contribution in [0, 0.1) is 0 Å². The van der Waals surface area contributed by atoms with Crippen molar-refractivity contribution in [2.45, 2.75) is 26.1 Å². The molecule has 0 heterocycles. The van der Waals surface area contributed by atoms with Crippen LogP contribution in [0.15, 0.2) is 48.5 Å². The van der Waals surface area contributed by atoms with E-state index in [1.54, 1.807) is 0 Å². The maximum Gasteiger partial charge on any atom is 0.306 e. The fourth-order valence-corrected chi connectivity index (χ4v) is 1.97. The van der Waals surface area contributed by atoms with Gasteiger partial charge >= 0.3 is 5.97 Å². The summed E-state index contributed by atoms with van der Waals surface area (Å²) >= 11 is 0. The number of hydrogen-bond donors (Lipinski definition) is 2. The predicted octanol–water partition coefficient (Wildman–Crippen LogP) is 2.44. The van der Waals surface area contributed by atoms with Gasteiger partial charge in [0.05, 0.1) is 6.61 Å². The van der Waals surface area contributed by atoms with Gasteiger partial charge in [-0.1, -0.05) is 36.4 Å². The first-order valence-corrected chi connectivity index (χ1v) is 6.86. The quantitative estimate of drug-likeness (QED) is 0.631. The van der Waals surface area contributed by atoms with E-state index in [9.17, 15) is 4.79 Å². The molecule has 2 rings (SSSR count). The lowest BCUT2D eigenvalue weighted by Crippen LogP contribution is -2.06. The van der Waals surface area contributed by atoms with Gasteiger partial charge in [-0.2, -0.15) is 0 Å². The summed E-state index contributed by atoms with van der Waals surface area (Å²) in [4.78, 5) is 11.7. The zero-order valence-corrected chi connectivity index (χ0v) is 11.8. The SMILES string of the molecule is Nc1cccc(CCC(=O)OCc2ccc(CO)cc2)c1. The number of aryl methyl sites for hydroxylation is 1. The molecule has 0 atom stereocenters. The fraction of sp³-hybridized carbons (Fsp3) is 0.235. The molecule has 3 N–H and O–H groups in total. The minimum Gasteiger partial charge on any atom is -0.461 e. The number of nitrogens with two attached hydrogens (primary N) is 1. The highest BCUT2D eigenvalue weighted by Gasteiger charge is 2.05. The third-order valence-corrected chi connectivity index (χ3v) is 3.17. The first-order valence-electron chi connectivity index (χ1n) is 6.86. The number of carbonyl (C=O) groups excluding carboxylic acids is 1. The van der Waals surface area contributed by atoms with Gasteiger partial charge in [0.2, 0.25) is 0 Å². The lowest BCUT2D eigenvalue weighted by atomic mass is 10.1. The van der Waals surface area contributed by atoms with Gasteiger partial charge in [-0.05, 0) is 35.2 Å². The number of aliphatic hydroxyl groups excluding tert-OH is 1. The molecule has 0 spiro atoms. The highest BCUT2D eigenvalue weighted by molar-refractivity contribution is 5.69. The summed E-state index contributed by atoms with van der Waals surface area (Å²) < 4.78 is 5.22. The van der Waals surface area contributed by atoms with E-state index in [-0.39, 0.29) is 19.2 Å². The molecule has 0 aliphatic heterocycles. The minimum atomic E-state index is -0.233. The van der Waals surface area contributed by atoms with Crippen LogP contribution in [0.3, 0.4) is 0 Å². The van der Waals surface area contributed by atoms with Crippen LogP contribution >= 0.6 is 0 Å². The smallest absolute Gasteiger partial charge is 0.306 e. The molecule has 4 heteroatoms. The number of ether oxygens (including phenoxy) is 1. The van der Waals surface area contributed by atoms with Crippen LogP contribution in [-0.4, -0.2) is 11.1 Å². The average molecular weight is 285 g/mol. The van der Waals surface area contributed by atoms with Gasteiger partial charge in [-0.3, -0.25) is 4.79 Å². The molecule has 0 aliphatic carbocycles. The molecule has 4 nitrogen and oxygen atoms in total. The van der Waals surface area contributed by atoms with Crippen molar-refractivity contribution < 1.29 is 14.6 Å². The molecular formula is C17H19NO3. The minimum absolute atomic E-state index is 0.0142. The number of anilines is 1. The van der Waals surface area contributed by atoms with Crippen LogP contribution in [0.25, 0.3) is 0 Å². The zero-order chi connectivity index (χ0) is 15.1. The van der Waals surface area contributed by atoms with Crippen LogP contribution in [-0.2, 0) is 29.2 Å². The molecule has 2 aromatic carbocycles. The van der Waals surface area contributed by atoms with Crippen LogP contribution in [0.5, 0.6) is 0 Å². The zero-order valence-electron chi connectivity index (χ0n) is 11.8. The second-order valence-corrected chi connectivity index (χ2v) is 4.88. The largest absolute Gasteiger partial charge is 0.461 e. The molecule has 0 aliphatic rings. The van der Waals surface area contributed by atoms with E-state index in [2.05, 4.69) is 0 Å². The van der Waals surface area contributed by atoms with Crippen molar-refractivity contribution in [1.29, 1.82) is 0 Å². The Labute approximate surface area is 124 Å². The van der Waals surface area contributed by atoms with E-state index in [1.165, 1.54) is 0 Å². The highest BCUT2D eigenvalue weighted by Crippen LogP contribution is 2.10. The summed E-state index contributed by atoms with van der Waals surface area (Å²) in [6.07, 6.45) is 0.950. The molecule has 0 saturated carbocycles. The van der Waals surface area contributed by atoms with Crippen molar-refractivity contribution >= 4 is 11.7 Å². The van der Waals surface area contributed by atoms with Crippen molar-refractivity contribution in [2.75, 3.05) is 5.73 Å². The fourth-order valence-electron chi connectivity index (χ4n) is 1.97. The number of benzene rings is 2. The number of nitrogen functional groups attached to an aromatic ring is 1. The Morgan fingerprint density at radius 1 is 1.05 bits per heavy atom. The van der Waals surface area contributed by atoms with Gasteiger partial charge in [-0.15, -0.1) is 0 Å². The first-order chi connectivity index (χ1) is 10.2. The molecule has 0 radical (unpaired) electrons. The third kappa shape index (κ3) is 4.93.